The molecular formula is C10H15N3O4. The lowest BCUT2D eigenvalue weighted by Crippen LogP contribution is -2.29. The summed E-state index contributed by atoms with van der Waals surface area (Å²) in [7, 11) is 1.58. The molecule has 0 aliphatic carbocycles. The van der Waals surface area contributed by atoms with Crippen molar-refractivity contribution in [2.24, 2.45) is 0 Å². The van der Waals surface area contributed by atoms with Gasteiger partial charge in [0.25, 0.3) is 5.91 Å². The Bertz CT molecular complexity index is 413. The Hall–Kier alpha value is -1.89. The van der Waals surface area contributed by atoms with E-state index in [0.29, 0.717) is 13.0 Å². The van der Waals surface area contributed by atoms with Crippen molar-refractivity contribution in [1.29, 1.82) is 0 Å². The summed E-state index contributed by atoms with van der Waals surface area (Å²) in [5.74, 6) is -0.545. The van der Waals surface area contributed by atoms with Gasteiger partial charge >= 0.3 is 5.82 Å². The second-order valence-corrected chi connectivity index (χ2v) is 3.88. The maximum atomic E-state index is 11.8. The van der Waals surface area contributed by atoms with E-state index >= 15 is 0 Å². The van der Waals surface area contributed by atoms with Gasteiger partial charge in [0.1, 0.15) is 0 Å². The van der Waals surface area contributed by atoms with Crippen molar-refractivity contribution in [2.45, 2.75) is 19.4 Å². The van der Waals surface area contributed by atoms with E-state index in [0.717, 1.165) is 0 Å². The minimum atomic E-state index is -0.591. The van der Waals surface area contributed by atoms with Gasteiger partial charge in [-0.15, -0.1) is 0 Å². The van der Waals surface area contributed by atoms with Crippen LogP contribution in [0.4, 0.5) is 5.82 Å². The SMILES string of the molecule is CC(O)CCN(C)C(=O)c1ccc([N+](=O)[O-])[nH]1. The molecule has 7 heteroatoms. The van der Waals surface area contributed by atoms with Gasteiger partial charge in [0.2, 0.25) is 0 Å². The first-order valence-corrected chi connectivity index (χ1v) is 5.18. The number of aliphatic hydroxyl groups excluding tert-OH is 1. The Labute approximate surface area is 98.2 Å². The molecule has 0 saturated heterocycles. The Morgan fingerprint density at radius 2 is 2.29 bits per heavy atom. The Morgan fingerprint density at radius 1 is 1.65 bits per heavy atom. The smallest absolute Gasteiger partial charge is 0.321 e. The number of rotatable bonds is 5. The normalized spacial score (nSPS) is 12.2. The summed E-state index contributed by atoms with van der Waals surface area (Å²) in [6, 6.07) is 2.62. The van der Waals surface area contributed by atoms with Crippen LogP contribution in [-0.4, -0.2) is 45.5 Å². The minimum absolute atomic E-state index is 0.171. The van der Waals surface area contributed by atoms with Crippen LogP contribution in [0.3, 0.4) is 0 Å². The highest BCUT2D eigenvalue weighted by atomic mass is 16.6. The van der Waals surface area contributed by atoms with Crippen LogP contribution in [0, 0.1) is 10.1 Å². The molecule has 0 fully saturated rings. The second kappa shape index (κ2) is 5.44. The lowest BCUT2D eigenvalue weighted by Gasteiger charge is -2.15. The average molecular weight is 241 g/mol. The van der Waals surface area contributed by atoms with Gasteiger partial charge in [-0.2, -0.15) is 0 Å². The summed E-state index contributed by atoms with van der Waals surface area (Å²) in [6.07, 6.45) is -0.0198. The molecule has 17 heavy (non-hydrogen) atoms. The molecule has 1 rings (SSSR count). The van der Waals surface area contributed by atoms with Crippen LogP contribution in [0.25, 0.3) is 0 Å². The molecule has 0 aromatic carbocycles. The molecule has 1 aromatic rings. The number of H-pyrrole nitrogens is 1. The van der Waals surface area contributed by atoms with E-state index in [4.69, 9.17) is 5.11 Å². The molecule has 0 radical (unpaired) electrons. The predicted octanol–water partition coefficient (Wildman–Crippen LogP) is 0.766. The third-order valence-corrected chi connectivity index (χ3v) is 2.33. The number of carbonyl (C=O) groups is 1. The number of nitrogens with zero attached hydrogens (tertiary/aromatic N) is 2. The third-order valence-electron chi connectivity index (χ3n) is 2.33. The summed E-state index contributed by atoms with van der Waals surface area (Å²) in [4.78, 5) is 25.5. The standard InChI is InChI=1S/C10H15N3O4/c1-7(14)5-6-12(2)10(15)8-3-4-9(11-8)13(16)17/h3-4,7,11,14H,5-6H2,1-2H3. The fourth-order valence-electron chi connectivity index (χ4n) is 1.30. The number of hydrogen-bond donors (Lipinski definition) is 2. The molecule has 1 atom stereocenters. The maximum absolute atomic E-state index is 11.8. The number of carbonyl (C=O) groups excluding carboxylic acids is 1. The monoisotopic (exact) mass is 241 g/mol. The van der Waals surface area contributed by atoms with Crippen molar-refractivity contribution in [2.75, 3.05) is 13.6 Å². The average Bonchev–Trinajstić information content (AvgIpc) is 2.73. The zero-order valence-electron chi connectivity index (χ0n) is 9.71. The summed E-state index contributed by atoms with van der Waals surface area (Å²) >= 11 is 0. The quantitative estimate of drug-likeness (QED) is 0.587. The molecule has 1 amide bonds. The maximum Gasteiger partial charge on any atom is 0.321 e. The molecule has 0 aliphatic heterocycles. The number of aliphatic hydroxyl groups is 1. The summed E-state index contributed by atoms with van der Waals surface area (Å²) in [5.41, 5.74) is 0.171. The van der Waals surface area contributed by atoms with Crippen molar-refractivity contribution in [1.82, 2.24) is 9.88 Å². The van der Waals surface area contributed by atoms with Crippen LogP contribution < -0.4 is 0 Å². The van der Waals surface area contributed by atoms with Crippen LogP contribution >= 0.6 is 0 Å². The summed E-state index contributed by atoms with van der Waals surface area (Å²) in [6.45, 7) is 2.03. The Kier molecular flexibility index (Phi) is 4.22. The highest BCUT2D eigenvalue weighted by molar-refractivity contribution is 5.92. The molecule has 1 aromatic heterocycles. The molecule has 0 aliphatic rings. The van der Waals surface area contributed by atoms with Crippen molar-refractivity contribution >= 4 is 11.7 Å². The molecule has 2 N–H and O–H groups in total. The minimum Gasteiger partial charge on any atom is -0.393 e. The molecule has 0 saturated carbocycles. The van der Waals surface area contributed by atoms with Gasteiger partial charge < -0.3 is 20.1 Å². The van der Waals surface area contributed by atoms with E-state index in [1.165, 1.54) is 17.0 Å². The highest BCUT2D eigenvalue weighted by Gasteiger charge is 2.18. The summed E-state index contributed by atoms with van der Waals surface area (Å²) in [5, 5.41) is 19.5. The van der Waals surface area contributed by atoms with Gasteiger partial charge in [-0.1, -0.05) is 0 Å². The van der Waals surface area contributed by atoms with E-state index in [1.54, 1.807) is 14.0 Å². The van der Waals surface area contributed by atoms with Gasteiger partial charge in [0, 0.05) is 19.7 Å². The molecular weight excluding hydrogens is 226 g/mol. The van der Waals surface area contributed by atoms with Crippen molar-refractivity contribution in [3.63, 3.8) is 0 Å². The second-order valence-electron chi connectivity index (χ2n) is 3.88. The number of amides is 1. The number of hydrogen-bond acceptors (Lipinski definition) is 4. The highest BCUT2D eigenvalue weighted by Crippen LogP contribution is 2.11. The fourth-order valence-corrected chi connectivity index (χ4v) is 1.30. The topological polar surface area (TPSA) is 99.5 Å². The van der Waals surface area contributed by atoms with Crippen LogP contribution in [0.2, 0.25) is 0 Å². The molecule has 94 valence electrons. The van der Waals surface area contributed by atoms with E-state index < -0.39 is 11.0 Å². The first-order chi connectivity index (χ1) is 7.91. The van der Waals surface area contributed by atoms with E-state index in [2.05, 4.69) is 4.98 Å². The van der Waals surface area contributed by atoms with Gasteiger partial charge in [-0.25, -0.2) is 4.98 Å². The lowest BCUT2D eigenvalue weighted by atomic mass is 10.2. The zero-order valence-corrected chi connectivity index (χ0v) is 9.71. The number of aromatic nitrogens is 1. The van der Waals surface area contributed by atoms with Crippen molar-refractivity contribution in [3.8, 4) is 0 Å². The number of nitro groups is 1. The largest absolute Gasteiger partial charge is 0.393 e. The molecule has 1 unspecified atom stereocenters. The van der Waals surface area contributed by atoms with Gasteiger partial charge in [0.05, 0.1) is 6.10 Å². The Balaban J connectivity index is 2.65. The van der Waals surface area contributed by atoms with Crippen LogP contribution in [0.5, 0.6) is 0 Å². The molecule has 0 spiro atoms. The van der Waals surface area contributed by atoms with E-state index in [9.17, 15) is 14.9 Å². The van der Waals surface area contributed by atoms with Crippen LogP contribution in [0.15, 0.2) is 12.1 Å². The summed E-state index contributed by atoms with van der Waals surface area (Å²) < 4.78 is 0. The fraction of sp³-hybridized carbons (Fsp3) is 0.500. The Morgan fingerprint density at radius 3 is 2.76 bits per heavy atom. The lowest BCUT2D eigenvalue weighted by molar-refractivity contribution is -0.389. The number of aromatic amines is 1. The van der Waals surface area contributed by atoms with Crippen molar-refractivity contribution in [3.05, 3.63) is 27.9 Å². The number of nitrogens with one attached hydrogen (secondary N) is 1. The van der Waals surface area contributed by atoms with Crippen LogP contribution in [-0.2, 0) is 0 Å². The molecule has 1 heterocycles. The molecule has 0 bridgehead atoms. The third kappa shape index (κ3) is 3.56. The van der Waals surface area contributed by atoms with E-state index in [-0.39, 0.29) is 17.4 Å². The first kappa shape index (κ1) is 13.2. The van der Waals surface area contributed by atoms with Crippen LogP contribution in [0.1, 0.15) is 23.8 Å². The molecule has 7 nitrogen and oxygen atoms in total. The van der Waals surface area contributed by atoms with Gasteiger partial charge in [0.15, 0.2) is 5.69 Å². The van der Waals surface area contributed by atoms with Crippen molar-refractivity contribution < 1.29 is 14.8 Å². The van der Waals surface area contributed by atoms with Gasteiger partial charge in [-0.05, 0) is 24.3 Å². The van der Waals surface area contributed by atoms with Gasteiger partial charge in [-0.3, -0.25) is 4.79 Å². The zero-order chi connectivity index (χ0) is 13.0. The first-order valence-electron chi connectivity index (χ1n) is 5.18. The van der Waals surface area contributed by atoms with E-state index in [1.807, 2.05) is 0 Å². The predicted molar refractivity (Wildman–Crippen MR) is 60.7 cm³/mol.